The molecule has 1 nitrogen and oxygen atoms in total. The van der Waals surface area contributed by atoms with Gasteiger partial charge < -0.3 is 0 Å². The summed E-state index contributed by atoms with van der Waals surface area (Å²) in [5.74, 6) is 1.17. The van der Waals surface area contributed by atoms with Crippen LogP contribution in [-0.4, -0.2) is 16.7 Å². The van der Waals surface area contributed by atoms with Crippen LogP contribution in [0.15, 0.2) is 12.7 Å². The van der Waals surface area contributed by atoms with Gasteiger partial charge in [-0.15, -0.1) is 18.3 Å². The number of hydrogen-bond acceptors (Lipinski definition) is 2. The molecular weight excluding hydrogens is 144 g/mol. The fourth-order valence-electron chi connectivity index (χ4n) is 0.223. The van der Waals surface area contributed by atoms with Crippen LogP contribution in [0.5, 0.6) is 0 Å². The van der Waals surface area contributed by atoms with Gasteiger partial charge in [0.05, 0.1) is 5.75 Å². The Balaban J connectivity index is 2.93. The van der Waals surface area contributed by atoms with Gasteiger partial charge in [0, 0.05) is 5.75 Å². The fraction of sp³-hybridized carbons (Fsp3) is 0.400. The molecule has 0 saturated carbocycles. The van der Waals surface area contributed by atoms with E-state index in [4.69, 9.17) is 11.6 Å². The van der Waals surface area contributed by atoms with Gasteiger partial charge in [0.2, 0.25) is 5.24 Å². The highest BCUT2D eigenvalue weighted by Gasteiger charge is 1.91. The highest BCUT2D eigenvalue weighted by atomic mass is 35.5. The van der Waals surface area contributed by atoms with Gasteiger partial charge in [0.25, 0.3) is 0 Å². The van der Waals surface area contributed by atoms with Crippen LogP contribution < -0.4 is 0 Å². The molecule has 0 saturated heterocycles. The zero-order valence-electron chi connectivity index (χ0n) is 4.39. The van der Waals surface area contributed by atoms with Crippen molar-refractivity contribution in [2.45, 2.75) is 0 Å². The van der Waals surface area contributed by atoms with Gasteiger partial charge in [-0.1, -0.05) is 6.08 Å². The maximum atomic E-state index is 10.0. The van der Waals surface area contributed by atoms with Crippen LogP contribution in [-0.2, 0) is 4.79 Å². The van der Waals surface area contributed by atoms with Crippen molar-refractivity contribution in [1.29, 1.82) is 0 Å². The Kier molecular flexibility index (Phi) is 5.22. The molecule has 0 spiro atoms. The monoisotopic (exact) mass is 150 g/mol. The van der Waals surface area contributed by atoms with E-state index in [0.29, 0.717) is 5.75 Å². The van der Waals surface area contributed by atoms with E-state index in [2.05, 4.69) is 6.58 Å². The third kappa shape index (κ3) is 6.05. The molecule has 0 aliphatic rings. The summed E-state index contributed by atoms with van der Waals surface area (Å²) in [6.45, 7) is 3.48. The molecule has 0 bridgehead atoms. The summed E-state index contributed by atoms with van der Waals surface area (Å²) >= 11 is 6.48. The molecule has 0 atom stereocenters. The predicted octanol–water partition coefficient (Wildman–Crippen LogP) is 1.67. The molecule has 0 N–H and O–H groups in total. The second-order valence-electron chi connectivity index (χ2n) is 1.16. The minimum absolute atomic E-state index is 0.295. The molecule has 46 valence electrons. The Labute approximate surface area is 58.1 Å². The second kappa shape index (κ2) is 5.19. The largest absolute Gasteiger partial charge is 0.280 e. The standard InChI is InChI=1S/C5H7ClOS/c1-2-3-8-4-5(6)7/h2H,1,3-4H2. The summed E-state index contributed by atoms with van der Waals surface area (Å²) in [4.78, 5) is 10.0. The number of hydrogen-bond donors (Lipinski definition) is 0. The molecular formula is C5H7ClOS. The first-order chi connectivity index (χ1) is 3.77. The molecule has 0 aliphatic heterocycles. The topological polar surface area (TPSA) is 17.1 Å². The highest BCUT2D eigenvalue weighted by Crippen LogP contribution is 2.00. The van der Waals surface area contributed by atoms with Gasteiger partial charge in [-0.2, -0.15) is 0 Å². The van der Waals surface area contributed by atoms with Gasteiger partial charge in [-0.3, -0.25) is 4.79 Å². The molecule has 3 heteroatoms. The van der Waals surface area contributed by atoms with Crippen LogP contribution in [0, 0.1) is 0 Å². The molecule has 0 radical (unpaired) electrons. The van der Waals surface area contributed by atoms with Crippen LogP contribution in [0.1, 0.15) is 0 Å². The molecule has 0 aliphatic carbocycles. The predicted molar refractivity (Wildman–Crippen MR) is 38.4 cm³/mol. The summed E-state index contributed by atoms with van der Waals surface area (Å²) in [7, 11) is 0. The van der Waals surface area contributed by atoms with Crippen molar-refractivity contribution in [3.05, 3.63) is 12.7 Å². The fourth-order valence-corrected chi connectivity index (χ4v) is 0.899. The Morgan fingerprint density at radius 2 is 2.50 bits per heavy atom. The zero-order valence-corrected chi connectivity index (χ0v) is 5.97. The van der Waals surface area contributed by atoms with Crippen molar-refractivity contribution < 1.29 is 4.79 Å². The Hall–Kier alpha value is 0.0500. The van der Waals surface area contributed by atoms with E-state index in [9.17, 15) is 4.79 Å². The Morgan fingerprint density at radius 1 is 1.88 bits per heavy atom. The average Bonchev–Trinajstić information content (AvgIpc) is 1.66. The lowest BCUT2D eigenvalue weighted by molar-refractivity contribution is -0.109. The average molecular weight is 151 g/mol. The molecule has 0 aromatic heterocycles. The van der Waals surface area contributed by atoms with Crippen LogP contribution in [0.2, 0.25) is 0 Å². The lowest BCUT2D eigenvalue weighted by Crippen LogP contribution is -1.88. The first kappa shape index (κ1) is 8.05. The molecule has 0 aromatic carbocycles. The first-order valence-electron chi connectivity index (χ1n) is 2.14. The summed E-state index contributed by atoms with van der Waals surface area (Å²) < 4.78 is 0. The lowest BCUT2D eigenvalue weighted by Gasteiger charge is -1.86. The number of halogens is 1. The van der Waals surface area contributed by atoms with Crippen LogP contribution in [0.25, 0.3) is 0 Å². The van der Waals surface area contributed by atoms with E-state index >= 15 is 0 Å². The van der Waals surface area contributed by atoms with Crippen LogP contribution >= 0.6 is 23.4 Å². The minimum Gasteiger partial charge on any atom is -0.280 e. The zero-order chi connectivity index (χ0) is 6.41. The molecule has 0 heterocycles. The second-order valence-corrected chi connectivity index (χ2v) is 2.61. The molecule has 0 amide bonds. The van der Waals surface area contributed by atoms with E-state index in [1.54, 1.807) is 6.08 Å². The molecule has 0 unspecified atom stereocenters. The maximum absolute atomic E-state index is 10.0. The van der Waals surface area contributed by atoms with E-state index in [1.165, 1.54) is 11.8 Å². The Morgan fingerprint density at radius 3 is 2.88 bits per heavy atom. The summed E-state index contributed by atoms with van der Waals surface area (Å²) in [6, 6.07) is 0. The third-order valence-electron chi connectivity index (χ3n) is 0.451. The Bertz CT molecular complexity index is 92.4. The summed E-state index contributed by atoms with van der Waals surface area (Å²) in [5.41, 5.74) is 0. The SMILES string of the molecule is C=CCSCC(=O)Cl. The van der Waals surface area contributed by atoms with Gasteiger partial charge >= 0.3 is 0 Å². The van der Waals surface area contributed by atoms with Gasteiger partial charge in [0.15, 0.2) is 0 Å². The van der Waals surface area contributed by atoms with Crippen molar-refractivity contribution in [3.63, 3.8) is 0 Å². The van der Waals surface area contributed by atoms with Gasteiger partial charge in [0.1, 0.15) is 0 Å². The van der Waals surface area contributed by atoms with Crippen LogP contribution in [0.4, 0.5) is 0 Å². The smallest absolute Gasteiger partial charge is 0.231 e. The molecule has 8 heavy (non-hydrogen) atoms. The number of carbonyl (C=O) groups is 1. The van der Waals surface area contributed by atoms with Gasteiger partial charge in [-0.25, -0.2) is 0 Å². The van der Waals surface area contributed by atoms with Crippen molar-refractivity contribution in [2.75, 3.05) is 11.5 Å². The number of carbonyl (C=O) groups excluding carboxylic acids is 1. The quantitative estimate of drug-likeness (QED) is 0.345. The van der Waals surface area contributed by atoms with Gasteiger partial charge in [-0.05, 0) is 11.6 Å². The summed E-state index contributed by atoms with van der Waals surface area (Å²) in [5, 5.41) is -0.295. The van der Waals surface area contributed by atoms with Crippen LogP contribution in [0.3, 0.4) is 0 Å². The highest BCUT2D eigenvalue weighted by molar-refractivity contribution is 8.00. The minimum atomic E-state index is -0.295. The van der Waals surface area contributed by atoms with Crippen molar-refractivity contribution in [2.24, 2.45) is 0 Å². The molecule has 0 rings (SSSR count). The normalized spacial score (nSPS) is 8.62. The van der Waals surface area contributed by atoms with Crippen molar-refractivity contribution >= 4 is 28.6 Å². The maximum Gasteiger partial charge on any atom is 0.231 e. The summed E-state index contributed by atoms with van der Waals surface area (Å²) in [6.07, 6.45) is 1.74. The van der Waals surface area contributed by atoms with Crippen molar-refractivity contribution in [3.8, 4) is 0 Å². The number of rotatable bonds is 4. The van der Waals surface area contributed by atoms with E-state index < -0.39 is 0 Å². The van der Waals surface area contributed by atoms with Crippen molar-refractivity contribution in [1.82, 2.24) is 0 Å². The third-order valence-corrected chi connectivity index (χ3v) is 1.68. The molecule has 0 aromatic rings. The van der Waals surface area contributed by atoms with E-state index in [-0.39, 0.29) is 5.24 Å². The number of thioether (sulfide) groups is 1. The van der Waals surface area contributed by atoms with E-state index in [1.807, 2.05) is 0 Å². The van der Waals surface area contributed by atoms with E-state index in [0.717, 1.165) is 5.75 Å². The lowest BCUT2D eigenvalue weighted by atomic mass is 10.8. The molecule has 0 fully saturated rings. The first-order valence-corrected chi connectivity index (χ1v) is 3.67.